The molecule has 1 aliphatic heterocycles. The predicted molar refractivity (Wildman–Crippen MR) is 101 cm³/mol. The second-order valence-corrected chi connectivity index (χ2v) is 7.36. The summed E-state index contributed by atoms with van der Waals surface area (Å²) in [5.74, 6) is -0.128. The minimum Gasteiger partial charge on any atom is -0.353 e. The SMILES string of the molecule is CC(C)(CNC(=O)C(N)c1ccccc1)N1CCc2ccccc2C1. The molecule has 1 amide bonds. The Bertz CT molecular complexity index is 727. The van der Waals surface area contributed by atoms with Gasteiger partial charge < -0.3 is 11.1 Å². The summed E-state index contributed by atoms with van der Waals surface area (Å²) in [6.07, 6.45) is 1.05. The van der Waals surface area contributed by atoms with Crippen molar-refractivity contribution in [2.24, 2.45) is 5.73 Å². The molecule has 0 radical (unpaired) electrons. The normalized spacial score (nSPS) is 16.1. The van der Waals surface area contributed by atoms with Gasteiger partial charge in [0.05, 0.1) is 0 Å². The average Bonchev–Trinajstić information content (AvgIpc) is 2.66. The van der Waals surface area contributed by atoms with Crippen LogP contribution in [0.1, 0.15) is 36.6 Å². The smallest absolute Gasteiger partial charge is 0.241 e. The Morgan fingerprint density at radius 1 is 1.12 bits per heavy atom. The lowest BCUT2D eigenvalue weighted by Crippen LogP contribution is -2.54. The highest BCUT2D eigenvalue weighted by Crippen LogP contribution is 2.25. The molecule has 1 unspecified atom stereocenters. The van der Waals surface area contributed by atoms with Gasteiger partial charge in [-0.2, -0.15) is 0 Å². The summed E-state index contributed by atoms with van der Waals surface area (Å²) in [6.45, 7) is 6.85. The van der Waals surface area contributed by atoms with E-state index in [1.54, 1.807) is 0 Å². The third-order valence-electron chi connectivity index (χ3n) is 5.12. The van der Waals surface area contributed by atoms with Crippen LogP contribution in [0.4, 0.5) is 0 Å². The summed E-state index contributed by atoms with van der Waals surface area (Å²) < 4.78 is 0. The average molecular weight is 337 g/mol. The van der Waals surface area contributed by atoms with Crippen LogP contribution in [0.15, 0.2) is 54.6 Å². The van der Waals surface area contributed by atoms with Crippen molar-refractivity contribution in [3.05, 3.63) is 71.3 Å². The van der Waals surface area contributed by atoms with Crippen LogP contribution in [0.25, 0.3) is 0 Å². The van der Waals surface area contributed by atoms with Crippen LogP contribution >= 0.6 is 0 Å². The van der Waals surface area contributed by atoms with E-state index in [0.29, 0.717) is 6.54 Å². The molecule has 0 bridgehead atoms. The van der Waals surface area contributed by atoms with Crippen LogP contribution in [0.2, 0.25) is 0 Å². The maximum Gasteiger partial charge on any atom is 0.241 e. The largest absolute Gasteiger partial charge is 0.353 e. The number of hydrogen-bond acceptors (Lipinski definition) is 3. The molecule has 0 spiro atoms. The maximum absolute atomic E-state index is 12.4. The van der Waals surface area contributed by atoms with Gasteiger partial charge in [0.1, 0.15) is 6.04 Å². The van der Waals surface area contributed by atoms with Gasteiger partial charge in [-0.25, -0.2) is 0 Å². The molecule has 0 fully saturated rings. The van der Waals surface area contributed by atoms with E-state index in [1.807, 2.05) is 30.3 Å². The lowest BCUT2D eigenvalue weighted by molar-refractivity contribution is -0.123. The van der Waals surface area contributed by atoms with Gasteiger partial charge >= 0.3 is 0 Å². The van der Waals surface area contributed by atoms with Crippen molar-refractivity contribution in [2.45, 2.75) is 38.4 Å². The Balaban J connectivity index is 1.59. The first-order chi connectivity index (χ1) is 12.0. The number of carbonyl (C=O) groups excluding carboxylic acids is 1. The number of benzene rings is 2. The molecule has 25 heavy (non-hydrogen) atoms. The summed E-state index contributed by atoms with van der Waals surface area (Å²) in [7, 11) is 0. The summed E-state index contributed by atoms with van der Waals surface area (Å²) in [5, 5.41) is 3.04. The molecule has 0 saturated heterocycles. The lowest BCUT2D eigenvalue weighted by Gasteiger charge is -2.41. The van der Waals surface area contributed by atoms with Crippen LogP contribution in [0.5, 0.6) is 0 Å². The number of rotatable bonds is 5. The second-order valence-electron chi connectivity index (χ2n) is 7.36. The Kier molecular flexibility index (Phi) is 5.21. The quantitative estimate of drug-likeness (QED) is 0.882. The van der Waals surface area contributed by atoms with E-state index in [9.17, 15) is 4.79 Å². The van der Waals surface area contributed by atoms with Crippen molar-refractivity contribution in [1.29, 1.82) is 0 Å². The summed E-state index contributed by atoms with van der Waals surface area (Å²) in [5.41, 5.74) is 9.61. The molecule has 2 aromatic rings. The Hall–Kier alpha value is -2.17. The predicted octanol–water partition coefficient (Wildman–Crippen LogP) is 2.64. The molecule has 0 aromatic heterocycles. The minimum absolute atomic E-state index is 0.125. The van der Waals surface area contributed by atoms with E-state index in [1.165, 1.54) is 11.1 Å². The molecule has 2 aromatic carbocycles. The Labute approximate surface area is 150 Å². The lowest BCUT2D eigenvalue weighted by atomic mass is 9.94. The van der Waals surface area contributed by atoms with E-state index in [4.69, 9.17) is 5.73 Å². The van der Waals surface area contributed by atoms with Crippen molar-refractivity contribution >= 4 is 5.91 Å². The second kappa shape index (κ2) is 7.38. The van der Waals surface area contributed by atoms with Crippen LogP contribution in [-0.2, 0) is 17.8 Å². The van der Waals surface area contributed by atoms with Gasteiger partial charge in [-0.3, -0.25) is 9.69 Å². The molecule has 1 aliphatic rings. The third kappa shape index (κ3) is 4.09. The summed E-state index contributed by atoms with van der Waals surface area (Å²) in [6, 6.07) is 17.5. The molecule has 3 N–H and O–H groups in total. The van der Waals surface area contributed by atoms with Crippen LogP contribution in [0.3, 0.4) is 0 Å². The van der Waals surface area contributed by atoms with E-state index in [-0.39, 0.29) is 11.4 Å². The molecule has 1 atom stereocenters. The first kappa shape index (κ1) is 17.6. The van der Waals surface area contributed by atoms with Gasteiger partial charge in [0.15, 0.2) is 0 Å². The van der Waals surface area contributed by atoms with Crippen molar-refractivity contribution in [3.63, 3.8) is 0 Å². The molecule has 4 nitrogen and oxygen atoms in total. The minimum atomic E-state index is -0.626. The van der Waals surface area contributed by atoms with Gasteiger partial charge in [0.25, 0.3) is 0 Å². The monoisotopic (exact) mass is 337 g/mol. The summed E-state index contributed by atoms with van der Waals surface area (Å²) in [4.78, 5) is 14.9. The highest BCUT2D eigenvalue weighted by atomic mass is 16.2. The first-order valence-electron chi connectivity index (χ1n) is 8.87. The van der Waals surface area contributed by atoms with Crippen LogP contribution < -0.4 is 11.1 Å². The first-order valence-corrected chi connectivity index (χ1v) is 8.87. The Morgan fingerprint density at radius 3 is 2.48 bits per heavy atom. The van der Waals surface area contributed by atoms with Crippen LogP contribution in [-0.4, -0.2) is 29.4 Å². The molecular weight excluding hydrogens is 310 g/mol. The number of fused-ring (bicyclic) bond motifs is 1. The topological polar surface area (TPSA) is 58.4 Å². The van der Waals surface area contributed by atoms with E-state index < -0.39 is 6.04 Å². The zero-order chi connectivity index (χ0) is 17.9. The number of nitrogens with zero attached hydrogens (tertiary/aromatic N) is 1. The molecule has 4 heteroatoms. The number of amides is 1. The van der Waals surface area contributed by atoms with Gasteiger partial charge in [-0.05, 0) is 37.0 Å². The number of carbonyl (C=O) groups is 1. The zero-order valence-electron chi connectivity index (χ0n) is 15.0. The fourth-order valence-electron chi connectivity index (χ4n) is 3.35. The highest BCUT2D eigenvalue weighted by Gasteiger charge is 2.30. The Morgan fingerprint density at radius 2 is 1.76 bits per heavy atom. The molecular formula is C21H27N3O. The standard InChI is InChI=1S/C21H27N3O/c1-21(2,24-13-12-16-8-6-7-11-18(16)14-24)15-23-20(25)19(22)17-9-4-3-5-10-17/h3-11,19H,12-15,22H2,1-2H3,(H,23,25). The maximum atomic E-state index is 12.4. The zero-order valence-corrected chi connectivity index (χ0v) is 15.0. The van der Waals surface area contributed by atoms with Crippen LogP contribution in [0, 0.1) is 0 Å². The highest BCUT2D eigenvalue weighted by molar-refractivity contribution is 5.82. The summed E-state index contributed by atoms with van der Waals surface area (Å²) >= 11 is 0. The number of hydrogen-bond donors (Lipinski definition) is 2. The van der Waals surface area contributed by atoms with Gasteiger partial charge in [0, 0.05) is 25.2 Å². The fourth-order valence-corrected chi connectivity index (χ4v) is 3.35. The van der Waals surface area contributed by atoms with Crippen molar-refractivity contribution in [3.8, 4) is 0 Å². The van der Waals surface area contributed by atoms with E-state index in [0.717, 1.165) is 25.1 Å². The van der Waals surface area contributed by atoms with Gasteiger partial charge in [-0.1, -0.05) is 54.6 Å². The molecule has 132 valence electrons. The van der Waals surface area contributed by atoms with Gasteiger partial charge in [-0.15, -0.1) is 0 Å². The number of nitrogens with one attached hydrogen (secondary N) is 1. The third-order valence-corrected chi connectivity index (χ3v) is 5.12. The van der Waals surface area contributed by atoms with E-state index in [2.05, 4.69) is 48.3 Å². The van der Waals surface area contributed by atoms with Crippen molar-refractivity contribution < 1.29 is 4.79 Å². The molecule has 0 saturated carbocycles. The fraction of sp³-hybridized carbons (Fsp3) is 0.381. The van der Waals surface area contributed by atoms with Crippen molar-refractivity contribution in [1.82, 2.24) is 10.2 Å². The van der Waals surface area contributed by atoms with Gasteiger partial charge in [0.2, 0.25) is 5.91 Å². The molecule has 1 heterocycles. The number of nitrogens with two attached hydrogens (primary N) is 1. The van der Waals surface area contributed by atoms with Crippen molar-refractivity contribution in [2.75, 3.05) is 13.1 Å². The molecule has 3 rings (SSSR count). The molecule has 0 aliphatic carbocycles. The van der Waals surface area contributed by atoms with E-state index >= 15 is 0 Å².